The van der Waals surface area contributed by atoms with Crippen molar-refractivity contribution in [3.05, 3.63) is 0 Å². The fraction of sp³-hybridized carbons (Fsp3) is 0.913. The van der Waals surface area contributed by atoms with Crippen molar-refractivity contribution in [1.82, 2.24) is 24.9 Å². The molecule has 1 amide bonds. The number of aliphatic imine (C=N–C) groups is 1. The number of rotatable bonds is 8. The second kappa shape index (κ2) is 13.2. The third kappa shape index (κ3) is 7.73. The first kappa shape index (κ1) is 23.3. The summed E-state index contributed by atoms with van der Waals surface area (Å²) in [6.07, 6.45) is 11.6. The summed E-state index contributed by atoms with van der Waals surface area (Å²) >= 11 is 0. The molecule has 0 spiro atoms. The van der Waals surface area contributed by atoms with Crippen LogP contribution in [-0.4, -0.2) is 111 Å². The molecule has 0 aromatic rings. The molecular formula is C23H44N6O. The molecule has 30 heavy (non-hydrogen) atoms. The predicted molar refractivity (Wildman–Crippen MR) is 124 cm³/mol. The largest absolute Gasteiger partial charge is 0.356 e. The Labute approximate surface area is 183 Å². The van der Waals surface area contributed by atoms with Crippen LogP contribution < -0.4 is 5.32 Å². The zero-order chi connectivity index (χ0) is 21.0. The van der Waals surface area contributed by atoms with Crippen LogP contribution >= 0.6 is 0 Å². The number of piperazine rings is 1. The Morgan fingerprint density at radius 3 is 2.07 bits per heavy atom. The fourth-order valence-corrected chi connectivity index (χ4v) is 4.91. The van der Waals surface area contributed by atoms with Crippen molar-refractivity contribution in [2.24, 2.45) is 4.99 Å². The summed E-state index contributed by atoms with van der Waals surface area (Å²) in [4.78, 5) is 26.3. The minimum absolute atomic E-state index is 0.315. The molecule has 0 radical (unpaired) electrons. The van der Waals surface area contributed by atoms with Crippen LogP contribution in [0.5, 0.6) is 0 Å². The quantitative estimate of drug-likeness (QED) is 0.369. The zero-order valence-electron chi connectivity index (χ0n) is 19.3. The highest BCUT2D eigenvalue weighted by Gasteiger charge is 2.23. The first-order chi connectivity index (χ1) is 14.8. The molecule has 3 fully saturated rings. The van der Waals surface area contributed by atoms with Crippen LogP contribution in [0.25, 0.3) is 0 Å². The average Bonchev–Trinajstić information content (AvgIpc) is 2.80. The van der Waals surface area contributed by atoms with Crippen molar-refractivity contribution in [2.45, 2.75) is 57.8 Å². The van der Waals surface area contributed by atoms with Crippen LogP contribution in [0.1, 0.15) is 57.8 Å². The number of carbonyl (C=O) groups excluding carboxylic acids is 1. The Bertz CT molecular complexity index is 520. The van der Waals surface area contributed by atoms with Crippen molar-refractivity contribution < 1.29 is 4.79 Å². The number of carbonyl (C=O) groups is 1. The van der Waals surface area contributed by atoms with Gasteiger partial charge in [-0.15, -0.1) is 0 Å². The second-order valence-corrected chi connectivity index (χ2v) is 9.14. The Kier molecular flexibility index (Phi) is 10.2. The van der Waals surface area contributed by atoms with Gasteiger partial charge in [-0.2, -0.15) is 0 Å². The monoisotopic (exact) mass is 420 g/mol. The second-order valence-electron chi connectivity index (χ2n) is 9.14. The van der Waals surface area contributed by atoms with E-state index in [0.717, 1.165) is 51.8 Å². The lowest BCUT2D eigenvalue weighted by Crippen LogP contribution is -2.54. The van der Waals surface area contributed by atoms with Crippen LogP contribution in [0.4, 0.5) is 0 Å². The number of nitrogens with zero attached hydrogens (tertiary/aromatic N) is 5. The molecule has 7 heteroatoms. The zero-order valence-corrected chi connectivity index (χ0v) is 19.3. The Morgan fingerprint density at radius 2 is 1.40 bits per heavy atom. The molecule has 0 atom stereocenters. The van der Waals surface area contributed by atoms with Gasteiger partial charge in [0.2, 0.25) is 5.91 Å². The van der Waals surface area contributed by atoms with Gasteiger partial charge in [-0.25, -0.2) is 0 Å². The van der Waals surface area contributed by atoms with E-state index in [-0.39, 0.29) is 0 Å². The van der Waals surface area contributed by atoms with E-state index in [1.54, 1.807) is 0 Å². The summed E-state index contributed by atoms with van der Waals surface area (Å²) in [6.45, 7) is 11.1. The molecule has 0 aliphatic carbocycles. The van der Waals surface area contributed by atoms with E-state index in [9.17, 15) is 4.79 Å². The normalized spacial score (nSPS) is 22.4. The summed E-state index contributed by atoms with van der Waals surface area (Å²) in [7, 11) is 1.88. The lowest BCUT2D eigenvalue weighted by molar-refractivity contribution is -0.133. The number of likely N-dealkylation sites (tertiary alicyclic amines) is 2. The van der Waals surface area contributed by atoms with Gasteiger partial charge >= 0.3 is 0 Å². The van der Waals surface area contributed by atoms with Crippen LogP contribution in [0.15, 0.2) is 4.99 Å². The molecule has 3 aliphatic rings. The van der Waals surface area contributed by atoms with Gasteiger partial charge in [0.15, 0.2) is 5.96 Å². The average molecular weight is 421 g/mol. The van der Waals surface area contributed by atoms with Gasteiger partial charge in [0.1, 0.15) is 0 Å². The molecule has 0 aromatic carbocycles. The van der Waals surface area contributed by atoms with E-state index in [0.29, 0.717) is 12.5 Å². The molecule has 0 saturated carbocycles. The molecule has 3 rings (SSSR count). The first-order valence-corrected chi connectivity index (χ1v) is 12.4. The molecule has 3 saturated heterocycles. The number of nitrogens with one attached hydrogen (secondary N) is 1. The van der Waals surface area contributed by atoms with Crippen molar-refractivity contribution in [3.8, 4) is 0 Å². The van der Waals surface area contributed by atoms with Crippen molar-refractivity contribution >= 4 is 11.9 Å². The first-order valence-electron chi connectivity index (χ1n) is 12.4. The topological polar surface area (TPSA) is 54.4 Å². The van der Waals surface area contributed by atoms with Crippen LogP contribution in [0.3, 0.4) is 0 Å². The maximum absolute atomic E-state index is 12.5. The molecule has 7 nitrogen and oxygen atoms in total. The Morgan fingerprint density at radius 1 is 0.733 bits per heavy atom. The fourth-order valence-electron chi connectivity index (χ4n) is 4.91. The minimum Gasteiger partial charge on any atom is -0.356 e. The smallest absolute Gasteiger partial charge is 0.236 e. The lowest BCUT2D eigenvalue weighted by Gasteiger charge is -2.37. The van der Waals surface area contributed by atoms with Gasteiger partial charge in [0.25, 0.3) is 0 Å². The molecule has 0 bridgehead atoms. The van der Waals surface area contributed by atoms with Crippen LogP contribution in [0, 0.1) is 0 Å². The van der Waals surface area contributed by atoms with E-state index >= 15 is 0 Å². The molecule has 0 unspecified atom stereocenters. The van der Waals surface area contributed by atoms with Gasteiger partial charge in [0.05, 0.1) is 6.54 Å². The van der Waals surface area contributed by atoms with E-state index in [4.69, 9.17) is 0 Å². The number of unbranched alkanes of at least 4 members (excludes halogenated alkanes) is 2. The maximum atomic E-state index is 12.5. The highest BCUT2D eigenvalue weighted by molar-refractivity contribution is 5.80. The van der Waals surface area contributed by atoms with Gasteiger partial charge in [-0.1, -0.05) is 12.8 Å². The number of piperidine rings is 2. The molecule has 0 aromatic heterocycles. The van der Waals surface area contributed by atoms with E-state index < -0.39 is 0 Å². The van der Waals surface area contributed by atoms with Gasteiger partial charge < -0.3 is 20.0 Å². The maximum Gasteiger partial charge on any atom is 0.236 e. The summed E-state index contributed by atoms with van der Waals surface area (Å²) in [5.41, 5.74) is 0. The number of hydrogen-bond acceptors (Lipinski definition) is 4. The van der Waals surface area contributed by atoms with E-state index in [1.165, 1.54) is 77.4 Å². The Balaban J connectivity index is 1.25. The molecular weight excluding hydrogens is 376 g/mol. The van der Waals surface area contributed by atoms with E-state index in [2.05, 4.69) is 29.9 Å². The molecule has 3 aliphatic heterocycles. The Hall–Kier alpha value is -1.34. The standard InChI is InChI=1S/C23H44N6O/c1-24-23(25-11-5-2-6-12-26-13-7-3-8-14-26)29-19-17-27(18-20-29)21-22(30)28-15-9-4-10-16-28/h2-21H2,1H3,(H,24,25). The highest BCUT2D eigenvalue weighted by Crippen LogP contribution is 2.11. The third-order valence-electron chi connectivity index (χ3n) is 6.83. The summed E-state index contributed by atoms with van der Waals surface area (Å²) in [5, 5.41) is 3.55. The van der Waals surface area contributed by atoms with Gasteiger partial charge in [0, 0.05) is 52.9 Å². The SMILES string of the molecule is CN=C(NCCCCCN1CCCCC1)N1CCN(CC(=O)N2CCCCC2)CC1. The van der Waals surface area contributed by atoms with Gasteiger partial charge in [-0.05, 0) is 64.6 Å². The van der Waals surface area contributed by atoms with Crippen molar-refractivity contribution in [2.75, 3.05) is 79.0 Å². The molecule has 3 heterocycles. The highest BCUT2D eigenvalue weighted by atomic mass is 16.2. The molecule has 172 valence electrons. The molecule has 1 N–H and O–H groups in total. The summed E-state index contributed by atoms with van der Waals surface area (Å²) in [6, 6.07) is 0. The minimum atomic E-state index is 0.315. The van der Waals surface area contributed by atoms with Crippen molar-refractivity contribution in [1.29, 1.82) is 0 Å². The van der Waals surface area contributed by atoms with E-state index in [1.807, 2.05) is 7.05 Å². The number of amides is 1. The third-order valence-corrected chi connectivity index (χ3v) is 6.83. The predicted octanol–water partition coefficient (Wildman–Crippen LogP) is 1.85. The summed E-state index contributed by atoms with van der Waals surface area (Å²) < 4.78 is 0. The van der Waals surface area contributed by atoms with Crippen LogP contribution in [0.2, 0.25) is 0 Å². The van der Waals surface area contributed by atoms with Crippen molar-refractivity contribution in [3.63, 3.8) is 0 Å². The summed E-state index contributed by atoms with van der Waals surface area (Å²) in [5.74, 6) is 1.34. The van der Waals surface area contributed by atoms with Gasteiger partial charge in [-0.3, -0.25) is 14.7 Å². The van der Waals surface area contributed by atoms with Crippen LogP contribution in [-0.2, 0) is 4.79 Å². The number of guanidine groups is 1. The number of hydrogen-bond donors (Lipinski definition) is 1. The lowest BCUT2D eigenvalue weighted by atomic mass is 10.1.